The van der Waals surface area contributed by atoms with Crippen LogP contribution < -0.4 is 0 Å². The van der Waals surface area contributed by atoms with E-state index in [2.05, 4.69) is 0 Å². The highest BCUT2D eigenvalue weighted by Gasteiger charge is 2.27. The van der Waals surface area contributed by atoms with E-state index >= 15 is 0 Å². The van der Waals surface area contributed by atoms with E-state index in [9.17, 15) is 9.59 Å². The molecule has 2 aliphatic heterocycles. The lowest BCUT2D eigenvalue weighted by molar-refractivity contribution is -0.146. The summed E-state index contributed by atoms with van der Waals surface area (Å²) in [4.78, 5) is 24.0. The van der Waals surface area contributed by atoms with Crippen LogP contribution in [0.1, 0.15) is 13.3 Å². The van der Waals surface area contributed by atoms with Gasteiger partial charge in [-0.3, -0.25) is 14.5 Å². The van der Waals surface area contributed by atoms with Crippen LogP contribution in [0.4, 0.5) is 0 Å². The van der Waals surface area contributed by atoms with E-state index in [1.807, 2.05) is 12.2 Å². The summed E-state index contributed by atoms with van der Waals surface area (Å²) >= 11 is 0. The number of fused-ring (bicyclic) bond motifs is 1. The minimum atomic E-state index is -0.433. The second-order valence-corrected chi connectivity index (χ2v) is 3.41. The summed E-state index contributed by atoms with van der Waals surface area (Å²) in [6, 6.07) is 0. The molecule has 2 rings (SSSR count). The quantitative estimate of drug-likeness (QED) is 0.602. The van der Waals surface area contributed by atoms with Gasteiger partial charge in [0.25, 0.3) is 0 Å². The van der Waals surface area contributed by atoms with Gasteiger partial charge >= 0.3 is 5.97 Å². The molecule has 0 N–H and O–H groups in total. The molecule has 0 aromatic carbocycles. The smallest absolute Gasteiger partial charge is 0.303 e. The van der Waals surface area contributed by atoms with Crippen LogP contribution in [-0.4, -0.2) is 22.9 Å². The summed E-state index contributed by atoms with van der Waals surface area (Å²) in [5, 5.41) is 0. The zero-order chi connectivity index (χ0) is 10.8. The maximum atomic E-state index is 11.6. The van der Waals surface area contributed by atoms with Crippen molar-refractivity contribution in [3.05, 3.63) is 36.2 Å². The van der Waals surface area contributed by atoms with Gasteiger partial charge in [-0.25, -0.2) is 0 Å². The van der Waals surface area contributed by atoms with Gasteiger partial charge in [0.05, 0.1) is 6.42 Å². The second-order valence-electron chi connectivity index (χ2n) is 3.41. The van der Waals surface area contributed by atoms with Gasteiger partial charge in [-0.05, 0) is 18.2 Å². The van der Waals surface area contributed by atoms with Gasteiger partial charge in [0.1, 0.15) is 6.10 Å². The Balaban J connectivity index is 2.21. The average Bonchev–Trinajstić information content (AvgIpc) is 2.16. The van der Waals surface area contributed by atoms with Crippen LogP contribution in [0.25, 0.3) is 0 Å². The molecule has 0 spiro atoms. The molecule has 1 unspecified atom stereocenters. The molecule has 0 bridgehead atoms. The Morgan fingerprint density at radius 1 is 1.53 bits per heavy atom. The van der Waals surface area contributed by atoms with Crippen molar-refractivity contribution in [2.45, 2.75) is 19.4 Å². The van der Waals surface area contributed by atoms with Crippen molar-refractivity contribution >= 4 is 11.9 Å². The first-order valence-electron chi connectivity index (χ1n) is 4.73. The molecule has 2 aliphatic rings. The van der Waals surface area contributed by atoms with Gasteiger partial charge in [-0.1, -0.05) is 6.08 Å². The molecule has 0 saturated heterocycles. The minimum Gasteiger partial charge on any atom is -0.458 e. The van der Waals surface area contributed by atoms with Crippen LogP contribution >= 0.6 is 0 Å². The third-order valence-electron chi connectivity index (χ3n) is 2.21. The molecule has 0 saturated carbocycles. The Hall–Kier alpha value is -1.84. The van der Waals surface area contributed by atoms with E-state index in [4.69, 9.17) is 4.74 Å². The maximum absolute atomic E-state index is 11.6. The molecule has 1 atom stereocenters. The molecule has 0 radical (unpaired) electrons. The molecule has 0 fully saturated rings. The molecule has 4 heteroatoms. The number of amides is 1. The summed E-state index contributed by atoms with van der Waals surface area (Å²) in [6.45, 7) is 1.34. The first-order chi connectivity index (χ1) is 7.16. The summed E-state index contributed by atoms with van der Waals surface area (Å²) in [5.74, 6) is -0.423. The molecule has 15 heavy (non-hydrogen) atoms. The number of hydrogen-bond donors (Lipinski definition) is 0. The van der Waals surface area contributed by atoms with Gasteiger partial charge in [0.15, 0.2) is 0 Å². The van der Waals surface area contributed by atoms with Gasteiger partial charge in [0, 0.05) is 18.8 Å². The predicted molar refractivity (Wildman–Crippen MR) is 53.4 cm³/mol. The van der Waals surface area contributed by atoms with Crippen molar-refractivity contribution < 1.29 is 14.3 Å². The molecule has 0 aromatic heterocycles. The summed E-state index contributed by atoms with van der Waals surface area (Å²) in [5.41, 5.74) is 0.764. The first kappa shape index (κ1) is 9.71. The molecule has 0 aromatic rings. The third kappa shape index (κ3) is 1.98. The zero-order valence-electron chi connectivity index (χ0n) is 8.34. The number of carbonyl (C=O) groups is 2. The Morgan fingerprint density at radius 2 is 2.33 bits per heavy atom. The molecular formula is C11H11NO3. The highest BCUT2D eigenvalue weighted by atomic mass is 16.5. The lowest BCUT2D eigenvalue weighted by Crippen LogP contribution is -2.35. The van der Waals surface area contributed by atoms with E-state index in [0.717, 1.165) is 5.70 Å². The number of carbonyl (C=O) groups excluding carboxylic acids is 2. The van der Waals surface area contributed by atoms with E-state index in [0.29, 0.717) is 0 Å². The van der Waals surface area contributed by atoms with E-state index < -0.39 is 6.10 Å². The highest BCUT2D eigenvalue weighted by molar-refractivity contribution is 5.83. The zero-order valence-corrected chi connectivity index (χ0v) is 8.34. The van der Waals surface area contributed by atoms with Crippen LogP contribution in [0, 0.1) is 0 Å². The number of esters is 1. The van der Waals surface area contributed by atoms with Crippen LogP contribution in [0.3, 0.4) is 0 Å². The fourth-order valence-corrected chi connectivity index (χ4v) is 1.63. The number of allylic oxidation sites excluding steroid dienone is 3. The van der Waals surface area contributed by atoms with Crippen molar-refractivity contribution in [1.82, 2.24) is 4.90 Å². The Morgan fingerprint density at radius 3 is 3.07 bits per heavy atom. The Bertz CT molecular complexity index is 393. The predicted octanol–water partition coefficient (Wildman–Crippen LogP) is 1.12. The van der Waals surface area contributed by atoms with E-state index in [1.165, 1.54) is 6.92 Å². The third-order valence-corrected chi connectivity index (χ3v) is 2.21. The van der Waals surface area contributed by atoms with Gasteiger partial charge < -0.3 is 4.74 Å². The van der Waals surface area contributed by atoms with Crippen LogP contribution in [0.15, 0.2) is 36.2 Å². The van der Waals surface area contributed by atoms with Crippen molar-refractivity contribution in [2.24, 2.45) is 0 Å². The monoisotopic (exact) mass is 205 g/mol. The molecule has 0 aliphatic carbocycles. The molecule has 2 heterocycles. The second kappa shape index (κ2) is 3.73. The molecule has 78 valence electrons. The first-order valence-corrected chi connectivity index (χ1v) is 4.73. The van der Waals surface area contributed by atoms with Crippen molar-refractivity contribution in [3.8, 4) is 0 Å². The standard InChI is InChI=1S/C11H11NO3/c1-8(13)15-10-6-9-4-2-3-5-12(9)11(14)7-10/h2-6,10H,7H2,1H3. The van der Waals surface area contributed by atoms with Crippen molar-refractivity contribution in [1.29, 1.82) is 0 Å². The summed E-state index contributed by atoms with van der Waals surface area (Å²) in [7, 11) is 0. The highest BCUT2D eigenvalue weighted by Crippen LogP contribution is 2.22. The topological polar surface area (TPSA) is 46.6 Å². The summed E-state index contributed by atoms with van der Waals surface area (Å²) in [6.07, 6.45) is 8.71. The normalized spacial score (nSPS) is 23.5. The van der Waals surface area contributed by atoms with Crippen molar-refractivity contribution in [2.75, 3.05) is 0 Å². The van der Waals surface area contributed by atoms with Crippen molar-refractivity contribution in [3.63, 3.8) is 0 Å². The van der Waals surface area contributed by atoms with Crippen LogP contribution in [-0.2, 0) is 14.3 Å². The lowest BCUT2D eigenvalue weighted by atomic mass is 10.1. The van der Waals surface area contributed by atoms with Crippen LogP contribution in [0.5, 0.6) is 0 Å². The van der Waals surface area contributed by atoms with Crippen LogP contribution in [0.2, 0.25) is 0 Å². The minimum absolute atomic E-state index is 0.0562. The fourth-order valence-electron chi connectivity index (χ4n) is 1.63. The van der Waals surface area contributed by atoms with E-state index in [1.54, 1.807) is 23.3 Å². The van der Waals surface area contributed by atoms with Gasteiger partial charge in [0.2, 0.25) is 5.91 Å². The largest absolute Gasteiger partial charge is 0.458 e. The molecule has 1 amide bonds. The molecule has 4 nitrogen and oxygen atoms in total. The molecular weight excluding hydrogens is 194 g/mol. The number of ether oxygens (including phenoxy) is 1. The lowest BCUT2D eigenvalue weighted by Gasteiger charge is -2.28. The number of nitrogens with zero attached hydrogens (tertiary/aromatic N) is 1. The number of rotatable bonds is 1. The SMILES string of the molecule is CC(=O)OC1C=C2C=CC=CN2C(=O)C1. The van der Waals surface area contributed by atoms with Gasteiger partial charge in [-0.2, -0.15) is 0 Å². The van der Waals surface area contributed by atoms with E-state index in [-0.39, 0.29) is 18.3 Å². The van der Waals surface area contributed by atoms with Gasteiger partial charge in [-0.15, -0.1) is 0 Å². The Kier molecular flexibility index (Phi) is 2.41. The average molecular weight is 205 g/mol. The summed E-state index contributed by atoms with van der Waals surface area (Å²) < 4.78 is 4.99. The maximum Gasteiger partial charge on any atom is 0.303 e. The number of hydrogen-bond acceptors (Lipinski definition) is 3. The Labute approximate surface area is 87.5 Å². The fraction of sp³-hybridized carbons (Fsp3) is 0.273.